The molecule has 0 aromatic carbocycles. The van der Waals surface area contributed by atoms with E-state index >= 15 is 0 Å². The number of halogens is 1. The summed E-state index contributed by atoms with van der Waals surface area (Å²) in [7, 11) is 0. The highest BCUT2D eigenvalue weighted by Gasteiger charge is 1.97. The Hall–Kier alpha value is -0.570. The molecule has 0 amide bonds. The van der Waals surface area contributed by atoms with E-state index in [4.69, 9.17) is 5.73 Å². The zero-order valence-corrected chi connectivity index (χ0v) is 9.63. The molecule has 2 N–H and O–H groups in total. The fourth-order valence-electron chi connectivity index (χ4n) is 1.16. The predicted molar refractivity (Wildman–Crippen MR) is 50.6 cm³/mol. The minimum Gasteiger partial charge on any atom is -1.00 e. The smallest absolute Gasteiger partial charge is 0.170 e. The second-order valence-corrected chi connectivity index (χ2v) is 3.08. The highest BCUT2D eigenvalue weighted by Crippen LogP contribution is 1.96. The number of hydrogen-bond acceptors (Lipinski definition) is 1. The maximum atomic E-state index is 5.57. The van der Waals surface area contributed by atoms with Crippen LogP contribution in [0.5, 0.6) is 0 Å². The van der Waals surface area contributed by atoms with E-state index in [-0.39, 0.29) is 17.0 Å². The van der Waals surface area contributed by atoms with Crippen LogP contribution in [0.15, 0.2) is 24.5 Å². The predicted octanol–water partition coefficient (Wildman–Crippen LogP) is -1.25. The molecule has 1 aromatic heterocycles. The first-order valence-electron chi connectivity index (χ1n) is 4.57. The molecule has 0 unspecified atom stereocenters. The summed E-state index contributed by atoms with van der Waals surface area (Å²) in [5.41, 5.74) is 6.40. The first-order valence-corrected chi connectivity index (χ1v) is 4.57. The van der Waals surface area contributed by atoms with Crippen LogP contribution in [0.3, 0.4) is 0 Å². The van der Waals surface area contributed by atoms with Crippen molar-refractivity contribution in [3.63, 3.8) is 0 Å². The molecule has 0 aliphatic rings. The van der Waals surface area contributed by atoms with Crippen molar-refractivity contribution in [2.45, 2.75) is 32.7 Å². The molecule has 0 radical (unpaired) electrons. The van der Waals surface area contributed by atoms with Gasteiger partial charge in [0.25, 0.3) is 0 Å². The van der Waals surface area contributed by atoms with Crippen LogP contribution < -0.4 is 27.3 Å². The normalized spacial score (nSPS) is 9.31. The van der Waals surface area contributed by atoms with Crippen LogP contribution in [-0.2, 0) is 6.54 Å². The van der Waals surface area contributed by atoms with E-state index in [0.29, 0.717) is 0 Å². The molecule has 13 heavy (non-hydrogen) atoms. The number of rotatable bonds is 4. The van der Waals surface area contributed by atoms with E-state index in [1.807, 2.05) is 24.5 Å². The third-order valence-electron chi connectivity index (χ3n) is 1.94. The number of unbranched alkanes of at least 4 members (excludes halogenated alkanes) is 2. The van der Waals surface area contributed by atoms with Gasteiger partial charge in [-0.15, -0.1) is 0 Å². The van der Waals surface area contributed by atoms with Gasteiger partial charge in [0.1, 0.15) is 6.54 Å². The molecule has 0 aliphatic carbocycles. The fourth-order valence-corrected chi connectivity index (χ4v) is 1.16. The summed E-state index contributed by atoms with van der Waals surface area (Å²) in [5.74, 6) is 0. The fraction of sp³-hybridized carbons (Fsp3) is 0.500. The molecule has 1 aromatic rings. The Morgan fingerprint density at radius 1 is 1.23 bits per heavy atom. The van der Waals surface area contributed by atoms with Crippen LogP contribution in [0.1, 0.15) is 26.2 Å². The van der Waals surface area contributed by atoms with Crippen LogP contribution in [0.4, 0.5) is 5.69 Å². The summed E-state index contributed by atoms with van der Waals surface area (Å²) in [6.45, 7) is 3.32. The molecule has 3 heteroatoms. The molecule has 1 heterocycles. The van der Waals surface area contributed by atoms with E-state index in [9.17, 15) is 0 Å². The van der Waals surface area contributed by atoms with Crippen molar-refractivity contribution < 1.29 is 21.5 Å². The van der Waals surface area contributed by atoms with Crippen molar-refractivity contribution in [2.24, 2.45) is 0 Å². The van der Waals surface area contributed by atoms with Crippen molar-refractivity contribution in [3.05, 3.63) is 24.5 Å². The standard InChI is InChI=1S/C10H16N2.BrH/c1-2-3-4-7-12-8-5-10(11)6-9-12;/h5-6,8-9,11H,2-4,7H2,1H3;1H. The number of nitrogens with two attached hydrogens (primary N) is 1. The van der Waals surface area contributed by atoms with Crippen molar-refractivity contribution in [1.82, 2.24) is 0 Å². The van der Waals surface area contributed by atoms with E-state index < -0.39 is 0 Å². The molecule has 0 bridgehead atoms. The second kappa shape index (κ2) is 6.89. The quantitative estimate of drug-likeness (QED) is 0.521. The number of nitrogen functional groups attached to an aromatic ring is 1. The number of aromatic nitrogens is 1. The second-order valence-electron chi connectivity index (χ2n) is 3.08. The van der Waals surface area contributed by atoms with Gasteiger partial charge in [0.2, 0.25) is 0 Å². The van der Waals surface area contributed by atoms with E-state index in [1.54, 1.807) is 0 Å². The maximum absolute atomic E-state index is 5.57. The third-order valence-corrected chi connectivity index (χ3v) is 1.94. The average Bonchev–Trinajstić information content (AvgIpc) is 2.09. The molecule has 1 rings (SSSR count). The Bertz CT molecular complexity index is 221. The van der Waals surface area contributed by atoms with Gasteiger partial charge in [0.05, 0.1) is 0 Å². The summed E-state index contributed by atoms with van der Waals surface area (Å²) in [6.07, 6.45) is 7.90. The van der Waals surface area contributed by atoms with Gasteiger partial charge in [-0.1, -0.05) is 13.3 Å². The number of nitrogens with zero attached hydrogens (tertiary/aromatic N) is 1. The maximum Gasteiger partial charge on any atom is 0.170 e. The van der Waals surface area contributed by atoms with Crippen molar-refractivity contribution in [1.29, 1.82) is 0 Å². The Morgan fingerprint density at radius 2 is 1.85 bits per heavy atom. The van der Waals surface area contributed by atoms with Crippen LogP contribution in [0.25, 0.3) is 0 Å². The number of anilines is 1. The van der Waals surface area contributed by atoms with E-state index in [2.05, 4.69) is 11.5 Å². The summed E-state index contributed by atoms with van der Waals surface area (Å²) < 4.78 is 2.17. The van der Waals surface area contributed by atoms with Crippen molar-refractivity contribution in [3.8, 4) is 0 Å². The van der Waals surface area contributed by atoms with E-state index in [0.717, 1.165) is 12.2 Å². The summed E-state index contributed by atoms with van der Waals surface area (Å²) in [5, 5.41) is 0. The summed E-state index contributed by atoms with van der Waals surface area (Å²) in [4.78, 5) is 0. The monoisotopic (exact) mass is 244 g/mol. The zero-order chi connectivity index (χ0) is 8.81. The minimum absolute atomic E-state index is 0. The highest BCUT2D eigenvalue weighted by atomic mass is 79.9. The van der Waals surface area contributed by atoms with Gasteiger partial charge in [-0.2, -0.15) is 0 Å². The Kier molecular flexibility index (Phi) is 6.59. The van der Waals surface area contributed by atoms with Gasteiger partial charge in [-0.3, -0.25) is 0 Å². The van der Waals surface area contributed by atoms with Gasteiger partial charge >= 0.3 is 0 Å². The van der Waals surface area contributed by atoms with Crippen molar-refractivity contribution in [2.75, 3.05) is 5.73 Å². The van der Waals surface area contributed by atoms with Gasteiger partial charge < -0.3 is 22.7 Å². The Balaban J connectivity index is 0.00000144. The largest absolute Gasteiger partial charge is 1.00 e. The first-order chi connectivity index (χ1) is 5.83. The van der Waals surface area contributed by atoms with Crippen LogP contribution >= 0.6 is 0 Å². The topological polar surface area (TPSA) is 29.9 Å². The highest BCUT2D eigenvalue weighted by molar-refractivity contribution is 5.32. The van der Waals surface area contributed by atoms with Crippen LogP contribution in [0, 0.1) is 0 Å². The molecule has 0 fully saturated rings. The Labute approximate surface area is 90.5 Å². The van der Waals surface area contributed by atoms with Gasteiger partial charge in [0.15, 0.2) is 12.4 Å². The molecule has 74 valence electrons. The van der Waals surface area contributed by atoms with E-state index in [1.165, 1.54) is 19.3 Å². The van der Waals surface area contributed by atoms with Gasteiger partial charge in [0, 0.05) is 24.2 Å². The molecular formula is C10H17BrN2. The summed E-state index contributed by atoms with van der Waals surface area (Å²) >= 11 is 0. The molecule has 0 spiro atoms. The first kappa shape index (κ1) is 12.4. The number of aryl methyl sites for hydroxylation is 1. The van der Waals surface area contributed by atoms with Crippen LogP contribution in [0.2, 0.25) is 0 Å². The number of pyridine rings is 1. The van der Waals surface area contributed by atoms with Crippen molar-refractivity contribution >= 4 is 5.69 Å². The lowest BCUT2D eigenvalue weighted by Crippen LogP contribution is -3.00. The molecule has 0 saturated carbocycles. The third kappa shape index (κ3) is 4.88. The van der Waals surface area contributed by atoms with Gasteiger partial charge in [-0.05, 0) is 6.42 Å². The van der Waals surface area contributed by atoms with Gasteiger partial charge in [-0.25, -0.2) is 4.57 Å². The lowest BCUT2D eigenvalue weighted by atomic mass is 10.2. The number of hydrogen-bond donors (Lipinski definition) is 1. The molecule has 2 nitrogen and oxygen atoms in total. The average molecular weight is 245 g/mol. The lowest BCUT2D eigenvalue weighted by Gasteiger charge is -1.95. The zero-order valence-electron chi connectivity index (χ0n) is 8.04. The molecular weight excluding hydrogens is 228 g/mol. The Morgan fingerprint density at radius 3 is 2.38 bits per heavy atom. The lowest BCUT2D eigenvalue weighted by molar-refractivity contribution is -0.697. The molecule has 0 atom stereocenters. The minimum atomic E-state index is 0. The SMILES string of the molecule is CCCCC[n+]1ccc(N)cc1.[Br-]. The van der Waals surface area contributed by atoms with Crippen LogP contribution in [-0.4, -0.2) is 0 Å². The molecule has 0 aliphatic heterocycles. The summed E-state index contributed by atoms with van der Waals surface area (Å²) in [6, 6.07) is 3.87. The molecule has 0 saturated heterocycles.